The standard InChI is InChI=1S/C13H22O5S/c1-12(15)5-4-9-6-10(12)17-18-13(9,2)8-19-7-11(14)16-3/h9-10,15H,4-8H2,1-3H3/t9-,10-,12-,13-/m1/s1. The number of thioether (sulfide) groups is 1. The molecule has 2 aliphatic rings. The topological polar surface area (TPSA) is 65.0 Å². The molecule has 110 valence electrons. The van der Waals surface area contributed by atoms with Crippen LogP contribution in [0.1, 0.15) is 33.1 Å². The summed E-state index contributed by atoms with van der Waals surface area (Å²) in [4.78, 5) is 22.0. The van der Waals surface area contributed by atoms with Gasteiger partial charge in [0.15, 0.2) is 0 Å². The lowest BCUT2D eigenvalue weighted by Gasteiger charge is -2.50. The van der Waals surface area contributed by atoms with Crippen molar-refractivity contribution in [3.63, 3.8) is 0 Å². The Kier molecular flexibility index (Phi) is 4.45. The quantitative estimate of drug-likeness (QED) is 0.626. The van der Waals surface area contributed by atoms with Gasteiger partial charge in [-0.1, -0.05) is 0 Å². The molecule has 0 spiro atoms. The van der Waals surface area contributed by atoms with Crippen LogP contribution in [0.3, 0.4) is 0 Å². The minimum Gasteiger partial charge on any atom is -0.468 e. The average Bonchev–Trinajstić information content (AvgIpc) is 2.36. The van der Waals surface area contributed by atoms with Gasteiger partial charge in [0.05, 0.1) is 18.5 Å². The molecule has 5 nitrogen and oxygen atoms in total. The summed E-state index contributed by atoms with van der Waals surface area (Å²) >= 11 is 1.49. The molecule has 0 radical (unpaired) electrons. The van der Waals surface area contributed by atoms with Crippen molar-refractivity contribution < 1.29 is 24.4 Å². The Balaban J connectivity index is 1.89. The molecule has 0 aromatic rings. The second-order valence-corrected chi connectivity index (χ2v) is 6.86. The maximum absolute atomic E-state index is 11.1. The van der Waals surface area contributed by atoms with E-state index in [0.29, 0.717) is 17.4 Å². The molecule has 0 unspecified atom stereocenters. The third-order valence-corrected chi connectivity index (χ3v) is 5.46. The van der Waals surface area contributed by atoms with Gasteiger partial charge in [0, 0.05) is 5.75 Å². The fourth-order valence-corrected chi connectivity index (χ4v) is 3.80. The Labute approximate surface area is 117 Å². The molecule has 1 heterocycles. The van der Waals surface area contributed by atoms with Gasteiger partial charge in [-0.15, -0.1) is 11.8 Å². The molecule has 1 N–H and O–H groups in total. The maximum atomic E-state index is 11.1. The van der Waals surface area contributed by atoms with Crippen molar-refractivity contribution in [3.8, 4) is 0 Å². The summed E-state index contributed by atoms with van der Waals surface area (Å²) in [5.74, 6) is 1.14. The third kappa shape index (κ3) is 3.24. The van der Waals surface area contributed by atoms with E-state index in [1.165, 1.54) is 18.9 Å². The van der Waals surface area contributed by atoms with Crippen LogP contribution in [0.2, 0.25) is 0 Å². The highest BCUT2D eigenvalue weighted by Crippen LogP contribution is 2.46. The van der Waals surface area contributed by atoms with E-state index in [2.05, 4.69) is 4.74 Å². The molecule has 1 saturated heterocycles. The zero-order valence-corrected chi connectivity index (χ0v) is 12.5. The highest BCUT2D eigenvalue weighted by molar-refractivity contribution is 8.00. The fraction of sp³-hybridized carbons (Fsp3) is 0.923. The lowest BCUT2D eigenvalue weighted by Crippen LogP contribution is -2.57. The van der Waals surface area contributed by atoms with E-state index >= 15 is 0 Å². The lowest BCUT2D eigenvalue weighted by atomic mass is 9.71. The summed E-state index contributed by atoms with van der Waals surface area (Å²) in [6, 6.07) is 0. The molecule has 1 saturated carbocycles. The molecular weight excluding hydrogens is 268 g/mol. The number of hydrogen-bond acceptors (Lipinski definition) is 6. The van der Waals surface area contributed by atoms with Gasteiger partial charge in [0.2, 0.25) is 0 Å². The van der Waals surface area contributed by atoms with E-state index in [9.17, 15) is 9.90 Å². The predicted octanol–water partition coefficient (Wildman–Crippen LogP) is 1.53. The van der Waals surface area contributed by atoms with Crippen LogP contribution in [0.5, 0.6) is 0 Å². The first kappa shape index (κ1) is 15.1. The summed E-state index contributed by atoms with van der Waals surface area (Å²) in [7, 11) is 1.39. The van der Waals surface area contributed by atoms with Crippen LogP contribution in [0, 0.1) is 5.92 Å². The van der Waals surface area contributed by atoms with Gasteiger partial charge in [-0.2, -0.15) is 0 Å². The number of esters is 1. The van der Waals surface area contributed by atoms with Crippen LogP contribution in [0.15, 0.2) is 0 Å². The molecular formula is C13H22O5S. The summed E-state index contributed by atoms with van der Waals surface area (Å²) in [6.45, 7) is 3.81. The van der Waals surface area contributed by atoms with Gasteiger partial charge in [-0.3, -0.25) is 4.79 Å². The SMILES string of the molecule is COC(=O)CSC[C@@]1(C)OO[C@@H]2C[C@H]1CC[C@@]2(C)O. The van der Waals surface area contributed by atoms with E-state index in [1.54, 1.807) is 6.92 Å². The molecule has 19 heavy (non-hydrogen) atoms. The highest BCUT2D eigenvalue weighted by atomic mass is 32.2. The van der Waals surface area contributed by atoms with Crippen LogP contribution in [-0.4, -0.2) is 47.0 Å². The van der Waals surface area contributed by atoms with Crippen LogP contribution < -0.4 is 0 Å². The summed E-state index contributed by atoms with van der Waals surface area (Å²) in [6.07, 6.45) is 2.21. The maximum Gasteiger partial charge on any atom is 0.315 e. The minimum atomic E-state index is -0.795. The van der Waals surface area contributed by atoms with Crippen molar-refractivity contribution >= 4 is 17.7 Å². The highest BCUT2D eigenvalue weighted by Gasteiger charge is 2.51. The fourth-order valence-electron chi connectivity index (χ4n) is 2.73. The molecule has 2 rings (SSSR count). The summed E-state index contributed by atoms with van der Waals surface area (Å²) < 4.78 is 4.62. The molecule has 0 aromatic carbocycles. The second kappa shape index (κ2) is 5.60. The number of ether oxygens (including phenoxy) is 1. The predicted molar refractivity (Wildman–Crippen MR) is 71.7 cm³/mol. The Morgan fingerprint density at radius 1 is 1.53 bits per heavy atom. The number of carbonyl (C=O) groups excluding carboxylic acids is 1. The lowest BCUT2D eigenvalue weighted by molar-refractivity contribution is -0.441. The number of rotatable bonds is 4. The van der Waals surface area contributed by atoms with Gasteiger partial charge in [0.25, 0.3) is 0 Å². The van der Waals surface area contributed by atoms with E-state index in [1.807, 2.05) is 6.92 Å². The molecule has 1 aliphatic heterocycles. The molecule has 1 aliphatic carbocycles. The number of methoxy groups -OCH3 is 1. The van der Waals surface area contributed by atoms with Crippen LogP contribution >= 0.6 is 11.8 Å². The van der Waals surface area contributed by atoms with E-state index in [-0.39, 0.29) is 12.1 Å². The smallest absolute Gasteiger partial charge is 0.315 e. The number of fused-ring (bicyclic) bond motifs is 2. The normalized spacial score (nSPS) is 41.9. The molecule has 6 heteroatoms. The molecule has 0 aromatic heterocycles. The molecule has 2 bridgehead atoms. The van der Waals surface area contributed by atoms with Crippen LogP contribution in [0.25, 0.3) is 0 Å². The van der Waals surface area contributed by atoms with Crippen molar-refractivity contribution in [2.24, 2.45) is 5.92 Å². The van der Waals surface area contributed by atoms with Gasteiger partial charge >= 0.3 is 5.97 Å². The van der Waals surface area contributed by atoms with Gasteiger partial charge in [-0.05, 0) is 39.0 Å². The third-order valence-electron chi connectivity index (χ3n) is 4.25. The Morgan fingerprint density at radius 2 is 2.26 bits per heavy atom. The molecule has 2 fully saturated rings. The van der Waals surface area contributed by atoms with E-state index < -0.39 is 11.2 Å². The Bertz CT molecular complexity index is 346. The Hall–Kier alpha value is -0.300. The van der Waals surface area contributed by atoms with Gasteiger partial charge < -0.3 is 9.84 Å². The zero-order chi connectivity index (χ0) is 14.1. The van der Waals surface area contributed by atoms with Crippen molar-refractivity contribution in [2.75, 3.05) is 18.6 Å². The first-order valence-electron chi connectivity index (χ1n) is 6.59. The van der Waals surface area contributed by atoms with Crippen molar-refractivity contribution in [1.82, 2.24) is 0 Å². The second-order valence-electron chi connectivity index (χ2n) is 5.88. The number of hydrogen-bond donors (Lipinski definition) is 1. The largest absolute Gasteiger partial charge is 0.468 e. The summed E-state index contributed by atoms with van der Waals surface area (Å²) in [5, 5.41) is 10.2. The molecule has 4 atom stereocenters. The first-order valence-corrected chi connectivity index (χ1v) is 7.74. The van der Waals surface area contributed by atoms with Crippen LogP contribution in [0.4, 0.5) is 0 Å². The van der Waals surface area contributed by atoms with E-state index in [0.717, 1.165) is 19.3 Å². The zero-order valence-electron chi connectivity index (χ0n) is 11.7. The minimum absolute atomic E-state index is 0.227. The number of aliphatic hydroxyl groups is 1. The van der Waals surface area contributed by atoms with Gasteiger partial charge in [-0.25, -0.2) is 9.78 Å². The van der Waals surface area contributed by atoms with Crippen LogP contribution in [-0.2, 0) is 19.3 Å². The first-order chi connectivity index (χ1) is 8.87. The molecule has 0 amide bonds. The summed E-state index contributed by atoms with van der Waals surface area (Å²) in [5.41, 5.74) is -1.19. The van der Waals surface area contributed by atoms with Crippen molar-refractivity contribution in [1.29, 1.82) is 0 Å². The van der Waals surface area contributed by atoms with Crippen molar-refractivity contribution in [3.05, 3.63) is 0 Å². The van der Waals surface area contributed by atoms with Gasteiger partial charge in [0.1, 0.15) is 11.7 Å². The van der Waals surface area contributed by atoms with E-state index in [4.69, 9.17) is 9.78 Å². The average molecular weight is 290 g/mol. The number of carbonyl (C=O) groups is 1. The monoisotopic (exact) mass is 290 g/mol. The Morgan fingerprint density at radius 3 is 2.95 bits per heavy atom. The van der Waals surface area contributed by atoms with Crippen molar-refractivity contribution in [2.45, 2.75) is 50.4 Å².